The first-order chi connectivity index (χ1) is 11.9. The Morgan fingerprint density at radius 1 is 1.12 bits per heavy atom. The summed E-state index contributed by atoms with van der Waals surface area (Å²) in [6.07, 6.45) is -0.297. The van der Waals surface area contributed by atoms with E-state index in [2.05, 4.69) is 0 Å². The van der Waals surface area contributed by atoms with Gasteiger partial charge < -0.3 is 14.2 Å². The largest absolute Gasteiger partial charge is 0.497 e. The number of hydrogen-bond donors (Lipinski definition) is 0. The monoisotopic (exact) mass is 364 g/mol. The molecule has 26 heavy (non-hydrogen) atoms. The van der Waals surface area contributed by atoms with Crippen molar-refractivity contribution < 1.29 is 23.8 Å². The second-order valence-corrected chi connectivity index (χ2v) is 7.84. The highest BCUT2D eigenvalue weighted by Crippen LogP contribution is 2.28. The number of benzene rings is 1. The molecule has 1 rings (SSSR count). The van der Waals surface area contributed by atoms with E-state index in [4.69, 9.17) is 14.2 Å². The third-order valence-corrected chi connectivity index (χ3v) is 4.27. The van der Waals surface area contributed by atoms with Crippen molar-refractivity contribution in [2.45, 2.75) is 72.5 Å². The molecular weight excluding hydrogens is 332 g/mol. The van der Waals surface area contributed by atoms with Gasteiger partial charge in [-0.2, -0.15) is 0 Å². The van der Waals surface area contributed by atoms with Gasteiger partial charge in [0.2, 0.25) is 0 Å². The number of aryl methyl sites for hydroxylation is 1. The van der Waals surface area contributed by atoms with Crippen LogP contribution in [-0.2, 0) is 19.1 Å². The van der Waals surface area contributed by atoms with Crippen LogP contribution in [0.4, 0.5) is 0 Å². The molecule has 0 aromatic heterocycles. The van der Waals surface area contributed by atoms with E-state index in [1.165, 1.54) is 0 Å². The predicted octanol–water partition coefficient (Wildman–Crippen LogP) is 4.41. The summed E-state index contributed by atoms with van der Waals surface area (Å²) in [5, 5.41) is 0. The molecule has 5 heteroatoms. The maximum atomic E-state index is 12.3. The first-order valence-corrected chi connectivity index (χ1v) is 9.01. The molecule has 0 saturated heterocycles. The van der Waals surface area contributed by atoms with Crippen LogP contribution in [0.2, 0.25) is 0 Å². The molecule has 0 N–H and O–H groups in total. The van der Waals surface area contributed by atoms with Crippen LogP contribution in [0.5, 0.6) is 5.75 Å². The fourth-order valence-electron chi connectivity index (χ4n) is 2.66. The molecule has 0 aliphatic carbocycles. The van der Waals surface area contributed by atoms with E-state index < -0.39 is 17.5 Å². The minimum atomic E-state index is -0.561. The summed E-state index contributed by atoms with van der Waals surface area (Å²) < 4.78 is 16.1. The third-order valence-electron chi connectivity index (χ3n) is 4.27. The molecule has 0 heterocycles. The summed E-state index contributed by atoms with van der Waals surface area (Å²) in [5.74, 6) is -0.501. The zero-order valence-corrected chi connectivity index (χ0v) is 17.2. The van der Waals surface area contributed by atoms with Crippen molar-refractivity contribution in [1.82, 2.24) is 0 Å². The van der Waals surface area contributed by atoms with Crippen molar-refractivity contribution in [2.75, 3.05) is 7.11 Å². The van der Waals surface area contributed by atoms with Crippen LogP contribution in [-0.4, -0.2) is 30.8 Å². The lowest BCUT2D eigenvalue weighted by atomic mass is 9.92. The zero-order chi connectivity index (χ0) is 20.1. The highest BCUT2D eigenvalue weighted by molar-refractivity contribution is 5.80. The second-order valence-electron chi connectivity index (χ2n) is 7.84. The first-order valence-electron chi connectivity index (χ1n) is 9.01. The standard InChI is InChI=1S/C21H32O5/c1-13-11-17(24-8)9-10-18(13)15(3)16(4)25-20(23)14(2)12-19(22)26-21(5,6)7/h9-11,14-16H,12H2,1-8H3/t14-,15-,16+/m0/s1. The fourth-order valence-corrected chi connectivity index (χ4v) is 2.66. The van der Waals surface area contributed by atoms with Crippen LogP contribution >= 0.6 is 0 Å². The van der Waals surface area contributed by atoms with Crippen molar-refractivity contribution in [2.24, 2.45) is 5.92 Å². The molecule has 0 bridgehead atoms. The van der Waals surface area contributed by atoms with E-state index in [9.17, 15) is 9.59 Å². The van der Waals surface area contributed by atoms with Gasteiger partial charge in [0, 0.05) is 5.92 Å². The minimum absolute atomic E-state index is 0.0127. The molecule has 0 spiro atoms. The molecule has 0 amide bonds. The number of hydrogen-bond acceptors (Lipinski definition) is 5. The summed E-state index contributed by atoms with van der Waals surface area (Å²) in [7, 11) is 1.63. The fraction of sp³-hybridized carbons (Fsp3) is 0.619. The Hall–Kier alpha value is -2.04. The topological polar surface area (TPSA) is 61.8 Å². The lowest BCUT2D eigenvalue weighted by Gasteiger charge is -2.24. The Morgan fingerprint density at radius 2 is 1.73 bits per heavy atom. The Kier molecular flexibility index (Phi) is 7.67. The molecule has 0 aliphatic rings. The first kappa shape index (κ1) is 22.0. The van der Waals surface area contributed by atoms with Crippen LogP contribution in [0.25, 0.3) is 0 Å². The molecule has 0 unspecified atom stereocenters. The third kappa shape index (κ3) is 6.70. The number of methoxy groups -OCH3 is 1. The summed E-state index contributed by atoms with van der Waals surface area (Å²) in [4.78, 5) is 24.2. The number of esters is 2. The minimum Gasteiger partial charge on any atom is -0.497 e. The Morgan fingerprint density at radius 3 is 2.23 bits per heavy atom. The normalized spacial score (nSPS) is 14.9. The van der Waals surface area contributed by atoms with Gasteiger partial charge >= 0.3 is 11.9 Å². The average molecular weight is 364 g/mol. The van der Waals surface area contributed by atoms with Crippen molar-refractivity contribution in [3.63, 3.8) is 0 Å². The molecule has 0 saturated carbocycles. The van der Waals surface area contributed by atoms with Gasteiger partial charge in [-0.05, 0) is 57.9 Å². The summed E-state index contributed by atoms with van der Waals surface area (Å²) >= 11 is 0. The van der Waals surface area contributed by atoms with Crippen molar-refractivity contribution in [1.29, 1.82) is 0 Å². The average Bonchev–Trinajstić information content (AvgIpc) is 2.51. The van der Waals surface area contributed by atoms with Gasteiger partial charge in [-0.25, -0.2) is 0 Å². The van der Waals surface area contributed by atoms with E-state index in [1.807, 2.05) is 39.0 Å². The van der Waals surface area contributed by atoms with Gasteiger partial charge in [0.15, 0.2) is 0 Å². The lowest BCUT2D eigenvalue weighted by Crippen LogP contribution is -2.29. The van der Waals surface area contributed by atoms with Gasteiger partial charge in [-0.3, -0.25) is 9.59 Å². The quantitative estimate of drug-likeness (QED) is 0.671. The molecule has 1 aromatic carbocycles. The van der Waals surface area contributed by atoms with Crippen LogP contribution in [0.3, 0.4) is 0 Å². The van der Waals surface area contributed by atoms with E-state index in [0.717, 1.165) is 16.9 Å². The summed E-state index contributed by atoms with van der Waals surface area (Å²) in [6, 6.07) is 5.86. The lowest BCUT2D eigenvalue weighted by molar-refractivity contribution is -0.163. The summed E-state index contributed by atoms with van der Waals surface area (Å²) in [6.45, 7) is 13.0. The van der Waals surface area contributed by atoms with Crippen molar-refractivity contribution in [3.05, 3.63) is 29.3 Å². The number of carbonyl (C=O) groups is 2. The zero-order valence-electron chi connectivity index (χ0n) is 17.2. The van der Waals surface area contributed by atoms with E-state index in [1.54, 1.807) is 34.8 Å². The molecular formula is C21H32O5. The molecule has 0 radical (unpaired) electrons. The number of rotatable bonds is 7. The Balaban J connectivity index is 2.66. The van der Waals surface area contributed by atoms with Gasteiger partial charge in [0.05, 0.1) is 19.4 Å². The molecule has 3 atom stereocenters. The highest BCUT2D eigenvalue weighted by Gasteiger charge is 2.26. The number of carbonyl (C=O) groups excluding carboxylic acids is 2. The van der Waals surface area contributed by atoms with Crippen LogP contribution in [0, 0.1) is 12.8 Å². The van der Waals surface area contributed by atoms with Crippen LogP contribution < -0.4 is 4.74 Å². The Labute approximate surface area is 157 Å². The maximum Gasteiger partial charge on any atom is 0.309 e. The van der Waals surface area contributed by atoms with E-state index >= 15 is 0 Å². The van der Waals surface area contributed by atoms with Gasteiger partial charge in [0.25, 0.3) is 0 Å². The van der Waals surface area contributed by atoms with Gasteiger partial charge in [0.1, 0.15) is 17.5 Å². The van der Waals surface area contributed by atoms with Crippen molar-refractivity contribution in [3.8, 4) is 5.75 Å². The summed E-state index contributed by atoms with van der Waals surface area (Å²) in [5.41, 5.74) is 1.63. The van der Waals surface area contributed by atoms with E-state index in [0.29, 0.717) is 0 Å². The van der Waals surface area contributed by atoms with Crippen LogP contribution in [0.15, 0.2) is 18.2 Å². The highest BCUT2D eigenvalue weighted by atomic mass is 16.6. The molecule has 0 aliphatic heterocycles. The molecule has 0 fully saturated rings. The molecule has 146 valence electrons. The SMILES string of the molecule is COc1ccc([C@@H](C)[C@@H](C)OC(=O)[C@@H](C)CC(=O)OC(C)(C)C)c(C)c1. The van der Waals surface area contributed by atoms with Gasteiger partial charge in [-0.15, -0.1) is 0 Å². The maximum absolute atomic E-state index is 12.3. The Bertz CT molecular complexity index is 630. The van der Waals surface area contributed by atoms with Gasteiger partial charge in [-0.1, -0.05) is 19.9 Å². The molecule has 1 aromatic rings. The molecule has 5 nitrogen and oxygen atoms in total. The predicted molar refractivity (Wildman–Crippen MR) is 101 cm³/mol. The smallest absolute Gasteiger partial charge is 0.309 e. The van der Waals surface area contributed by atoms with Crippen LogP contribution in [0.1, 0.15) is 65.0 Å². The number of ether oxygens (including phenoxy) is 3. The van der Waals surface area contributed by atoms with Crippen molar-refractivity contribution >= 4 is 11.9 Å². The van der Waals surface area contributed by atoms with E-state index in [-0.39, 0.29) is 24.4 Å². The second kappa shape index (κ2) is 9.06.